The fourth-order valence-corrected chi connectivity index (χ4v) is 5.21. The van der Waals surface area contributed by atoms with Gasteiger partial charge in [-0.2, -0.15) is 0 Å². The molecule has 0 spiro atoms. The van der Waals surface area contributed by atoms with Crippen LogP contribution in [0, 0.1) is 0 Å². The second kappa shape index (κ2) is 5.16. The Balaban J connectivity index is 4.51. The van der Waals surface area contributed by atoms with Crippen LogP contribution in [0.3, 0.4) is 0 Å². The van der Waals surface area contributed by atoms with E-state index >= 15 is 0 Å². The van der Waals surface area contributed by atoms with Crippen molar-refractivity contribution in [2.75, 3.05) is 6.54 Å². The summed E-state index contributed by atoms with van der Waals surface area (Å²) in [6, 6.07) is 0. The molecule has 1 atom stereocenters. The summed E-state index contributed by atoms with van der Waals surface area (Å²) in [5.74, 6) is 0. The summed E-state index contributed by atoms with van der Waals surface area (Å²) >= 11 is 0. The van der Waals surface area contributed by atoms with E-state index in [1.807, 2.05) is 0 Å². The van der Waals surface area contributed by atoms with Crippen LogP contribution in [0.2, 0.25) is 18.1 Å². The zero-order valence-corrected chi connectivity index (χ0v) is 11.3. The highest BCUT2D eigenvalue weighted by Gasteiger charge is 2.40. The molecule has 1 unspecified atom stereocenters. The predicted molar refractivity (Wildman–Crippen MR) is 64.7 cm³/mol. The average molecular weight is 201 g/mol. The summed E-state index contributed by atoms with van der Waals surface area (Å²) in [6.07, 6.45) is 3.99. The first-order chi connectivity index (χ1) is 5.93. The van der Waals surface area contributed by atoms with Crippen molar-refractivity contribution in [1.82, 2.24) is 4.98 Å². The van der Waals surface area contributed by atoms with Gasteiger partial charge in [0.05, 0.1) is 0 Å². The standard InChI is InChI=1S/C11H27NSi/c1-7-10-11(4,8-2)13(5,6)12-9-3/h12H,7-10H2,1-6H3. The number of nitrogens with one attached hydrogen (secondary N) is 1. The van der Waals surface area contributed by atoms with Crippen LogP contribution in [-0.2, 0) is 0 Å². The molecular weight excluding hydrogens is 174 g/mol. The highest BCUT2D eigenvalue weighted by atomic mass is 28.3. The van der Waals surface area contributed by atoms with Crippen LogP contribution in [0.1, 0.15) is 47.0 Å². The molecule has 0 fully saturated rings. The van der Waals surface area contributed by atoms with Crippen molar-refractivity contribution >= 4 is 8.24 Å². The Bertz CT molecular complexity index is 145. The monoisotopic (exact) mass is 201 g/mol. The zero-order chi connectivity index (χ0) is 10.5. The summed E-state index contributed by atoms with van der Waals surface area (Å²) in [4.78, 5) is 3.74. The van der Waals surface area contributed by atoms with Gasteiger partial charge in [-0.05, 0) is 18.0 Å². The molecule has 80 valence electrons. The van der Waals surface area contributed by atoms with Crippen molar-refractivity contribution < 1.29 is 0 Å². The minimum Gasteiger partial charge on any atom is -0.337 e. The van der Waals surface area contributed by atoms with Crippen LogP contribution >= 0.6 is 0 Å². The lowest BCUT2D eigenvalue weighted by atomic mass is 10.0. The van der Waals surface area contributed by atoms with E-state index in [2.05, 4.69) is 45.8 Å². The fraction of sp³-hybridized carbons (Fsp3) is 1.00. The van der Waals surface area contributed by atoms with Crippen molar-refractivity contribution in [1.29, 1.82) is 0 Å². The maximum absolute atomic E-state index is 3.74. The second-order valence-corrected chi connectivity index (χ2v) is 9.63. The van der Waals surface area contributed by atoms with Crippen molar-refractivity contribution in [3.05, 3.63) is 0 Å². The van der Waals surface area contributed by atoms with Gasteiger partial charge in [0.1, 0.15) is 8.24 Å². The van der Waals surface area contributed by atoms with E-state index in [1.54, 1.807) is 0 Å². The molecule has 0 rings (SSSR count). The van der Waals surface area contributed by atoms with E-state index in [0.717, 1.165) is 6.54 Å². The van der Waals surface area contributed by atoms with Gasteiger partial charge in [-0.15, -0.1) is 0 Å². The Kier molecular flexibility index (Phi) is 5.23. The average Bonchev–Trinajstić information content (AvgIpc) is 2.04. The normalized spacial score (nSPS) is 17.1. The molecular formula is C11H27NSi. The molecule has 0 saturated heterocycles. The van der Waals surface area contributed by atoms with E-state index in [-0.39, 0.29) is 0 Å². The van der Waals surface area contributed by atoms with Crippen molar-refractivity contribution in [3.63, 3.8) is 0 Å². The van der Waals surface area contributed by atoms with Gasteiger partial charge in [-0.1, -0.05) is 53.6 Å². The van der Waals surface area contributed by atoms with E-state index in [1.165, 1.54) is 19.3 Å². The molecule has 1 N–H and O–H groups in total. The topological polar surface area (TPSA) is 12.0 Å². The molecule has 0 aliphatic carbocycles. The van der Waals surface area contributed by atoms with Crippen LogP contribution in [-0.4, -0.2) is 14.8 Å². The zero-order valence-electron chi connectivity index (χ0n) is 10.3. The Morgan fingerprint density at radius 1 is 1.15 bits per heavy atom. The van der Waals surface area contributed by atoms with E-state index in [4.69, 9.17) is 0 Å². The predicted octanol–water partition coefficient (Wildman–Crippen LogP) is 3.77. The molecule has 0 aromatic rings. The van der Waals surface area contributed by atoms with E-state index in [9.17, 15) is 0 Å². The Hall–Kier alpha value is 0.177. The molecule has 0 aromatic carbocycles. The largest absolute Gasteiger partial charge is 0.337 e. The number of hydrogen-bond donors (Lipinski definition) is 1. The van der Waals surface area contributed by atoms with Crippen LogP contribution in [0.15, 0.2) is 0 Å². The lowest BCUT2D eigenvalue weighted by Gasteiger charge is -2.42. The first-order valence-electron chi connectivity index (χ1n) is 5.68. The van der Waals surface area contributed by atoms with Gasteiger partial charge in [-0.3, -0.25) is 0 Å². The smallest absolute Gasteiger partial charge is 0.125 e. The molecule has 13 heavy (non-hydrogen) atoms. The van der Waals surface area contributed by atoms with Gasteiger partial charge in [0.2, 0.25) is 0 Å². The third-order valence-electron chi connectivity index (χ3n) is 3.71. The SMILES string of the molecule is CCCC(C)(CC)[Si](C)(C)NCC. The molecule has 0 aliphatic heterocycles. The fourth-order valence-electron chi connectivity index (χ4n) is 2.14. The minimum absolute atomic E-state index is 0.567. The Labute approximate surface area is 85.4 Å². The van der Waals surface area contributed by atoms with Crippen LogP contribution in [0.4, 0.5) is 0 Å². The van der Waals surface area contributed by atoms with E-state index < -0.39 is 8.24 Å². The third-order valence-corrected chi connectivity index (χ3v) is 8.57. The van der Waals surface area contributed by atoms with Crippen molar-refractivity contribution in [2.24, 2.45) is 0 Å². The lowest BCUT2D eigenvalue weighted by molar-refractivity contribution is 0.498. The van der Waals surface area contributed by atoms with Gasteiger partial charge >= 0.3 is 0 Å². The highest BCUT2D eigenvalue weighted by Crippen LogP contribution is 2.43. The molecule has 0 amide bonds. The number of hydrogen-bond acceptors (Lipinski definition) is 1. The van der Waals surface area contributed by atoms with Gasteiger partial charge in [0.15, 0.2) is 0 Å². The molecule has 1 nitrogen and oxygen atoms in total. The molecule has 2 heteroatoms. The van der Waals surface area contributed by atoms with Crippen LogP contribution in [0.5, 0.6) is 0 Å². The first-order valence-corrected chi connectivity index (χ1v) is 8.68. The lowest BCUT2D eigenvalue weighted by Crippen LogP contribution is -2.53. The second-order valence-electron chi connectivity index (χ2n) is 4.82. The summed E-state index contributed by atoms with van der Waals surface area (Å²) in [6.45, 7) is 15.4. The van der Waals surface area contributed by atoms with Gasteiger partial charge in [-0.25, -0.2) is 0 Å². The maximum Gasteiger partial charge on any atom is 0.125 e. The molecule has 0 aliphatic rings. The molecule has 0 aromatic heterocycles. The summed E-state index contributed by atoms with van der Waals surface area (Å²) in [5, 5.41) is 0.567. The molecule has 0 saturated carbocycles. The minimum atomic E-state index is -1.23. The summed E-state index contributed by atoms with van der Waals surface area (Å²) in [5.41, 5.74) is 0. The van der Waals surface area contributed by atoms with Gasteiger partial charge < -0.3 is 4.98 Å². The Morgan fingerprint density at radius 2 is 1.69 bits per heavy atom. The Morgan fingerprint density at radius 3 is 2.00 bits per heavy atom. The van der Waals surface area contributed by atoms with Crippen LogP contribution < -0.4 is 4.98 Å². The first kappa shape index (κ1) is 13.2. The van der Waals surface area contributed by atoms with Crippen molar-refractivity contribution in [2.45, 2.75) is 65.1 Å². The van der Waals surface area contributed by atoms with Gasteiger partial charge in [0.25, 0.3) is 0 Å². The number of rotatable bonds is 6. The molecule has 0 radical (unpaired) electrons. The quantitative estimate of drug-likeness (QED) is 0.645. The summed E-state index contributed by atoms with van der Waals surface area (Å²) < 4.78 is 0. The maximum atomic E-state index is 3.74. The van der Waals surface area contributed by atoms with E-state index in [0.29, 0.717) is 5.04 Å². The molecule has 0 bridgehead atoms. The highest BCUT2D eigenvalue weighted by molar-refractivity contribution is 6.77. The summed E-state index contributed by atoms with van der Waals surface area (Å²) in [7, 11) is -1.23. The van der Waals surface area contributed by atoms with Crippen LogP contribution in [0.25, 0.3) is 0 Å². The van der Waals surface area contributed by atoms with Gasteiger partial charge in [0, 0.05) is 0 Å². The van der Waals surface area contributed by atoms with Crippen molar-refractivity contribution in [3.8, 4) is 0 Å². The molecule has 0 heterocycles. The third kappa shape index (κ3) is 3.10.